The molecule has 4 unspecified atom stereocenters. The molecular weight excluding hydrogens is 466 g/mol. The standard InChI is InChI=1S/C17H29N5O8S2/c1-32-5-4-8(18)14(26)22-11(7-31)16(28)21-10(6-13(24)25)15(27)20-9(17(29)30)2-3-12(19)23/h8-11,31H,2-7,18H2,1H3,(H2,19,23)(H,20,27)(H,21,28)(H,22,26)(H,24,25)(H,29,30). The molecule has 4 atom stereocenters. The summed E-state index contributed by atoms with van der Waals surface area (Å²) in [5.74, 6) is -5.89. The number of aliphatic carboxylic acids is 2. The average molecular weight is 496 g/mol. The van der Waals surface area contributed by atoms with E-state index in [2.05, 4.69) is 28.6 Å². The number of nitrogens with one attached hydrogen (secondary N) is 3. The lowest BCUT2D eigenvalue weighted by Crippen LogP contribution is -2.58. The zero-order chi connectivity index (χ0) is 24.8. The van der Waals surface area contributed by atoms with Gasteiger partial charge < -0.3 is 37.6 Å². The van der Waals surface area contributed by atoms with Gasteiger partial charge in [0.1, 0.15) is 18.1 Å². The van der Waals surface area contributed by atoms with Crippen molar-refractivity contribution in [3.8, 4) is 0 Å². The summed E-state index contributed by atoms with van der Waals surface area (Å²) in [4.78, 5) is 70.4. The van der Waals surface area contributed by atoms with E-state index in [9.17, 15) is 33.9 Å². The first-order valence-electron chi connectivity index (χ1n) is 9.42. The van der Waals surface area contributed by atoms with Gasteiger partial charge in [-0.15, -0.1) is 0 Å². The average Bonchev–Trinajstić information content (AvgIpc) is 2.71. The van der Waals surface area contributed by atoms with Crippen LogP contribution in [0.1, 0.15) is 25.7 Å². The topological polar surface area (TPSA) is 231 Å². The summed E-state index contributed by atoms with van der Waals surface area (Å²) in [7, 11) is 0. The van der Waals surface area contributed by atoms with Gasteiger partial charge in [-0.05, 0) is 24.9 Å². The van der Waals surface area contributed by atoms with Gasteiger partial charge in [0, 0.05) is 12.2 Å². The summed E-state index contributed by atoms with van der Waals surface area (Å²) in [5.41, 5.74) is 10.7. The van der Waals surface area contributed by atoms with E-state index in [1.807, 2.05) is 6.26 Å². The van der Waals surface area contributed by atoms with Crippen molar-refractivity contribution in [3.05, 3.63) is 0 Å². The second-order valence-corrected chi connectivity index (χ2v) is 8.05. The molecule has 182 valence electrons. The Morgan fingerprint density at radius 1 is 0.906 bits per heavy atom. The molecule has 0 aliphatic heterocycles. The number of hydrogen-bond donors (Lipinski definition) is 8. The lowest BCUT2D eigenvalue weighted by atomic mass is 10.1. The Morgan fingerprint density at radius 2 is 1.44 bits per heavy atom. The second kappa shape index (κ2) is 15.3. The van der Waals surface area contributed by atoms with Crippen LogP contribution in [0.2, 0.25) is 0 Å². The summed E-state index contributed by atoms with van der Waals surface area (Å²) in [6, 6.07) is -5.28. The van der Waals surface area contributed by atoms with E-state index in [0.29, 0.717) is 12.2 Å². The van der Waals surface area contributed by atoms with Gasteiger partial charge in [0.05, 0.1) is 12.5 Å². The molecule has 32 heavy (non-hydrogen) atoms. The third-order valence-corrected chi connectivity index (χ3v) is 5.10. The van der Waals surface area contributed by atoms with Crippen molar-refractivity contribution in [1.82, 2.24) is 16.0 Å². The van der Waals surface area contributed by atoms with Crippen molar-refractivity contribution < 1.29 is 39.0 Å². The number of rotatable bonds is 16. The minimum absolute atomic E-state index is 0.176. The Bertz CT molecular complexity index is 708. The molecule has 0 radical (unpaired) electrons. The molecule has 9 N–H and O–H groups in total. The molecule has 13 nitrogen and oxygen atoms in total. The van der Waals surface area contributed by atoms with Crippen molar-refractivity contribution >= 4 is 60.0 Å². The fourth-order valence-electron chi connectivity index (χ4n) is 2.32. The van der Waals surface area contributed by atoms with E-state index in [0.717, 1.165) is 0 Å². The van der Waals surface area contributed by atoms with Crippen LogP contribution in [0.25, 0.3) is 0 Å². The molecule has 0 fully saturated rings. The quantitative estimate of drug-likeness (QED) is 0.103. The maximum Gasteiger partial charge on any atom is 0.326 e. The lowest BCUT2D eigenvalue weighted by molar-refractivity contribution is -0.143. The monoisotopic (exact) mass is 495 g/mol. The molecular formula is C17H29N5O8S2. The number of amides is 4. The van der Waals surface area contributed by atoms with Gasteiger partial charge in [-0.3, -0.25) is 24.0 Å². The zero-order valence-corrected chi connectivity index (χ0v) is 19.1. The van der Waals surface area contributed by atoms with Crippen molar-refractivity contribution in [2.24, 2.45) is 11.5 Å². The maximum absolute atomic E-state index is 12.5. The lowest BCUT2D eigenvalue weighted by Gasteiger charge is -2.23. The number of nitrogens with two attached hydrogens (primary N) is 2. The number of thiol groups is 1. The molecule has 0 aromatic heterocycles. The molecule has 0 heterocycles. The molecule has 0 aromatic carbocycles. The van der Waals surface area contributed by atoms with Gasteiger partial charge in [0.15, 0.2) is 0 Å². The number of carboxylic acid groups (broad SMARTS) is 2. The first-order valence-corrected chi connectivity index (χ1v) is 11.4. The van der Waals surface area contributed by atoms with Gasteiger partial charge >= 0.3 is 11.9 Å². The van der Waals surface area contributed by atoms with Gasteiger partial charge in [-0.25, -0.2) is 4.79 Å². The van der Waals surface area contributed by atoms with Crippen LogP contribution < -0.4 is 27.4 Å². The van der Waals surface area contributed by atoms with E-state index in [4.69, 9.17) is 16.6 Å². The fraction of sp³-hybridized carbons (Fsp3) is 0.647. The highest BCUT2D eigenvalue weighted by atomic mass is 32.2. The smallest absolute Gasteiger partial charge is 0.326 e. The number of thioether (sulfide) groups is 1. The Hall–Kier alpha value is -2.52. The van der Waals surface area contributed by atoms with Gasteiger partial charge in [-0.2, -0.15) is 24.4 Å². The number of carbonyl (C=O) groups is 6. The predicted octanol–water partition coefficient (Wildman–Crippen LogP) is -2.72. The van der Waals surface area contributed by atoms with Crippen LogP contribution in [0, 0.1) is 0 Å². The highest BCUT2D eigenvalue weighted by Crippen LogP contribution is 2.03. The van der Waals surface area contributed by atoms with Crippen LogP contribution in [0.5, 0.6) is 0 Å². The highest BCUT2D eigenvalue weighted by Gasteiger charge is 2.31. The number of primary amides is 1. The van der Waals surface area contributed by atoms with Crippen LogP contribution in [0.4, 0.5) is 0 Å². The first kappa shape index (κ1) is 29.5. The second-order valence-electron chi connectivity index (χ2n) is 6.70. The predicted molar refractivity (Wildman–Crippen MR) is 119 cm³/mol. The van der Waals surface area contributed by atoms with Crippen molar-refractivity contribution in [1.29, 1.82) is 0 Å². The molecule has 0 aliphatic rings. The van der Waals surface area contributed by atoms with Crippen LogP contribution in [0.15, 0.2) is 0 Å². The first-order chi connectivity index (χ1) is 14.9. The largest absolute Gasteiger partial charge is 0.481 e. The van der Waals surface area contributed by atoms with Gasteiger partial charge in [0.25, 0.3) is 0 Å². The Kier molecular flexibility index (Phi) is 14.1. The summed E-state index contributed by atoms with van der Waals surface area (Å²) in [6.07, 6.45) is 0.677. The Morgan fingerprint density at radius 3 is 1.91 bits per heavy atom. The molecule has 0 bridgehead atoms. The van der Waals surface area contributed by atoms with E-state index in [-0.39, 0.29) is 18.6 Å². The zero-order valence-electron chi connectivity index (χ0n) is 17.4. The van der Waals surface area contributed by atoms with Crippen LogP contribution >= 0.6 is 24.4 Å². The molecule has 15 heteroatoms. The van der Waals surface area contributed by atoms with Crippen molar-refractivity contribution in [3.63, 3.8) is 0 Å². The van der Waals surface area contributed by atoms with E-state index >= 15 is 0 Å². The van der Waals surface area contributed by atoms with Crippen molar-refractivity contribution in [2.75, 3.05) is 17.8 Å². The van der Waals surface area contributed by atoms with Gasteiger partial charge in [0.2, 0.25) is 23.6 Å². The third-order valence-electron chi connectivity index (χ3n) is 4.09. The maximum atomic E-state index is 12.5. The molecule has 0 spiro atoms. The van der Waals surface area contributed by atoms with E-state index in [1.165, 1.54) is 11.8 Å². The van der Waals surface area contributed by atoms with Crippen molar-refractivity contribution in [2.45, 2.75) is 49.9 Å². The van der Waals surface area contributed by atoms with Crippen LogP contribution in [-0.2, 0) is 28.8 Å². The third kappa shape index (κ3) is 11.8. The Labute approximate surface area is 194 Å². The minimum atomic E-state index is -1.65. The number of carbonyl (C=O) groups excluding carboxylic acids is 4. The van der Waals surface area contributed by atoms with E-state index < -0.39 is 66.2 Å². The van der Waals surface area contributed by atoms with E-state index in [1.54, 1.807) is 0 Å². The summed E-state index contributed by atoms with van der Waals surface area (Å²) in [5, 5.41) is 24.8. The number of hydrogen-bond acceptors (Lipinski definition) is 9. The number of carboxylic acids is 2. The Balaban J connectivity index is 5.24. The highest BCUT2D eigenvalue weighted by molar-refractivity contribution is 7.98. The van der Waals surface area contributed by atoms with Gasteiger partial charge in [-0.1, -0.05) is 0 Å². The minimum Gasteiger partial charge on any atom is -0.481 e. The molecule has 0 aliphatic carbocycles. The normalized spacial score (nSPS) is 14.3. The molecule has 0 aromatic rings. The summed E-state index contributed by atoms with van der Waals surface area (Å²) in [6.45, 7) is 0. The summed E-state index contributed by atoms with van der Waals surface area (Å²) >= 11 is 5.47. The molecule has 0 saturated heterocycles. The summed E-state index contributed by atoms with van der Waals surface area (Å²) < 4.78 is 0. The van der Waals surface area contributed by atoms with Crippen LogP contribution in [-0.4, -0.2) is 87.7 Å². The molecule has 4 amide bonds. The molecule has 0 rings (SSSR count). The SMILES string of the molecule is CSCCC(N)C(=O)NC(CS)C(=O)NC(CC(=O)O)C(=O)NC(CCC(N)=O)C(=O)O. The van der Waals surface area contributed by atoms with Crippen LogP contribution in [0.3, 0.4) is 0 Å². The fourth-order valence-corrected chi connectivity index (χ4v) is 3.07. The molecule has 0 saturated carbocycles.